The molecule has 0 saturated carbocycles. The van der Waals surface area contributed by atoms with Crippen molar-refractivity contribution in [3.8, 4) is 5.75 Å². The van der Waals surface area contributed by atoms with Gasteiger partial charge in [0, 0.05) is 23.4 Å². The minimum atomic E-state index is -0.691. The molecule has 3 rings (SSSR count). The molecule has 9 heteroatoms. The molecule has 0 unspecified atom stereocenters. The average molecular weight is 432 g/mol. The van der Waals surface area contributed by atoms with Crippen LogP contribution in [0.25, 0.3) is 5.76 Å². The third kappa shape index (κ3) is 5.54. The number of non-ortho nitro benzene ring substituents is 1. The minimum absolute atomic E-state index is 0.146. The molecule has 9 nitrogen and oxygen atoms in total. The maximum atomic E-state index is 12.9. The number of nitrogens with zero attached hydrogens (tertiary/aromatic N) is 3. The van der Waals surface area contributed by atoms with Gasteiger partial charge in [0.05, 0.1) is 17.7 Å². The predicted octanol–water partition coefficient (Wildman–Crippen LogP) is 5.56. The zero-order chi connectivity index (χ0) is 23.1. The third-order valence-electron chi connectivity index (χ3n) is 4.40. The molecule has 0 fully saturated rings. The molecule has 32 heavy (non-hydrogen) atoms. The first-order valence-electron chi connectivity index (χ1n) is 9.49. The van der Waals surface area contributed by atoms with Gasteiger partial charge in [-0.1, -0.05) is 12.1 Å². The summed E-state index contributed by atoms with van der Waals surface area (Å²) < 4.78 is 5.10. The summed E-state index contributed by atoms with van der Waals surface area (Å²) in [4.78, 5) is 23.3. The number of nitro groups is 1. The fraction of sp³-hybridized carbons (Fsp3) is 0.0870. The van der Waals surface area contributed by atoms with Gasteiger partial charge in [0.25, 0.3) is 11.6 Å². The molecule has 0 aliphatic heterocycles. The molecule has 0 saturated heterocycles. The molecule has 0 aromatic heterocycles. The largest absolute Gasteiger partial charge is 0.505 e. The van der Waals surface area contributed by atoms with Crippen molar-refractivity contribution in [3.05, 3.63) is 99.7 Å². The fourth-order valence-corrected chi connectivity index (χ4v) is 2.75. The first-order chi connectivity index (χ1) is 15.4. The van der Waals surface area contributed by atoms with Crippen LogP contribution in [0.3, 0.4) is 0 Å². The number of nitro benzene ring substituents is 1. The van der Waals surface area contributed by atoms with E-state index in [1.165, 1.54) is 31.4 Å². The second-order valence-corrected chi connectivity index (χ2v) is 6.72. The number of nitrogens with one attached hydrogen (secondary N) is 1. The summed E-state index contributed by atoms with van der Waals surface area (Å²) in [6.45, 7) is 1.88. The van der Waals surface area contributed by atoms with Crippen LogP contribution in [0, 0.1) is 17.0 Å². The van der Waals surface area contributed by atoms with Crippen LogP contribution in [-0.4, -0.2) is 23.0 Å². The zero-order valence-electron chi connectivity index (χ0n) is 17.4. The molecular formula is C23H20N4O5. The van der Waals surface area contributed by atoms with Gasteiger partial charge in [-0.25, -0.2) is 0 Å². The summed E-state index contributed by atoms with van der Waals surface area (Å²) in [6, 6.07) is 18.9. The highest BCUT2D eigenvalue weighted by Gasteiger charge is 2.18. The Hall–Kier alpha value is -4.53. The van der Waals surface area contributed by atoms with Gasteiger partial charge in [-0.15, -0.1) is 5.11 Å². The number of benzene rings is 3. The molecule has 3 aromatic rings. The lowest BCUT2D eigenvalue weighted by Crippen LogP contribution is -2.15. The second kappa shape index (κ2) is 9.98. The van der Waals surface area contributed by atoms with Gasteiger partial charge in [0.1, 0.15) is 5.75 Å². The smallest absolute Gasteiger partial charge is 0.280 e. The number of carbonyl (C=O) groups is 1. The number of methoxy groups -OCH3 is 1. The van der Waals surface area contributed by atoms with E-state index in [1.54, 1.807) is 42.5 Å². The van der Waals surface area contributed by atoms with E-state index in [4.69, 9.17) is 4.74 Å². The SMILES string of the molecule is COc1ccc(N=N/C(C(=O)Nc2cccc(C)c2)=C(\O)c2ccc([N+](=O)[O-])cc2)cc1. The lowest BCUT2D eigenvalue weighted by molar-refractivity contribution is -0.384. The third-order valence-corrected chi connectivity index (χ3v) is 4.40. The van der Waals surface area contributed by atoms with Gasteiger partial charge < -0.3 is 15.2 Å². The Labute approximate surface area is 183 Å². The van der Waals surface area contributed by atoms with Crippen LogP contribution in [0.2, 0.25) is 0 Å². The zero-order valence-corrected chi connectivity index (χ0v) is 17.4. The van der Waals surface area contributed by atoms with Crippen LogP contribution in [0.15, 0.2) is 88.7 Å². The number of hydrogen-bond donors (Lipinski definition) is 2. The van der Waals surface area contributed by atoms with Crippen LogP contribution < -0.4 is 10.1 Å². The van der Waals surface area contributed by atoms with Gasteiger partial charge in [-0.3, -0.25) is 14.9 Å². The number of ether oxygens (including phenoxy) is 1. The maximum absolute atomic E-state index is 12.9. The second-order valence-electron chi connectivity index (χ2n) is 6.72. The molecule has 0 spiro atoms. The van der Waals surface area contributed by atoms with E-state index in [9.17, 15) is 20.0 Å². The first-order valence-corrected chi connectivity index (χ1v) is 9.49. The number of amides is 1. The molecule has 0 radical (unpaired) electrons. The predicted molar refractivity (Wildman–Crippen MR) is 120 cm³/mol. The van der Waals surface area contributed by atoms with Crippen molar-refractivity contribution in [1.82, 2.24) is 0 Å². The molecule has 0 aliphatic rings. The number of azo groups is 1. The molecule has 0 atom stereocenters. The summed E-state index contributed by atoms with van der Waals surface area (Å²) in [5, 5.41) is 32.3. The lowest BCUT2D eigenvalue weighted by Gasteiger charge is -2.08. The molecule has 0 aliphatic carbocycles. The number of aliphatic hydroxyl groups excluding tert-OH is 1. The van der Waals surface area contributed by atoms with Crippen LogP contribution in [0.4, 0.5) is 17.1 Å². The Kier molecular flexibility index (Phi) is 6.92. The number of rotatable bonds is 7. The van der Waals surface area contributed by atoms with Crippen LogP contribution in [0.1, 0.15) is 11.1 Å². The standard InChI is InChI=1S/C23H20N4O5/c1-15-4-3-5-18(14-15)24-23(29)21(26-25-17-8-12-20(32-2)13-9-17)22(28)16-6-10-19(11-7-16)27(30)31/h3-14,28H,1-2H3,(H,24,29)/b22-21-,26-25?. The molecule has 0 bridgehead atoms. The highest BCUT2D eigenvalue weighted by molar-refractivity contribution is 6.07. The highest BCUT2D eigenvalue weighted by atomic mass is 16.6. The summed E-state index contributed by atoms with van der Waals surface area (Å²) in [7, 11) is 1.54. The maximum Gasteiger partial charge on any atom is 0.280 e. The quantitative estimate of drug-likeness (QED) is 0.166. The van der Waals surface area contributed by atoms with Gasteiger partial charge in [0.15, 0.2) is 11.5 Å². The molecular weight excluding hydrogens is 412 g/mol. The van der Waals surface area contributed by atoms with E-state index in [2.05, 4.69) is 15.5 Å². The van der Waals surface area contributed by atoms with E-state index in [0.29, 0.717) is 17.1 Å². The van der Waals surface area contributed by atoms with Gasteiger partial charge >= 0.3 is 0 Å². The van der Waals surface area contributed by atoms with E-state index in [0.717, 1.165) is 5.56 Å². The Morgan fingerprint density at radius 2 is 1.75 bits per heavy atom. The van der Waals surface area contributed by atoms with Crippen LogP contribution in [-0.2, 0) is 4.79 Å². The lowest BCUT2D eigenvalue weighted by atomic mass is 10.1. The van der Waals surface area contributed by atoms with Crippen molar-refractivity contribution in [3.63, 3.8) is 0 Å². The van der Waals surface area contributed by atoms with E-state index in [-0.39, 0.29) is 16.9 Å². The molecule has 3 aromatic carbocycles. The Balaban J connectivity index is 1.98. The van der Waals surface area contributed by atoms with E-state index >= 15 is 0 Å². The van der Waals surface area contributed by atoms with Crippen LogP contribution in [0.5, 0.6) is 5.75 Å². The molecule has 0 heterocycles. The summed E-state index contributed by atoms with van der Waals surface area (Å²) in [6.07, 6.45) is 0. The van der Waals surface area contributed by atoms with E-state index in [1.807, 2.05) is 13.0 Å². The van der Waals surface area contributed by atoms with Gasteiger partial charge in [-0.05, 0) is 61.0 Å². The van der Waals surface area contributed by atoms with Crippen molar-refractivity contribution in [2.45, 2.75) is 6.92 Å². The van der Waals surface area contributed by atoms with Crippen LogP contribution >= 0.6 is 0 Å². The molecule has 162 valence electrons. The van der Waals surface area contributed by atoms with Gasteiger partial charge in [0.2, 0.25) is 0 Å². The minimum Gasteiger partial charge on any atom is -0.505 e. The number of aryl methyl sites for hydroxylation is 1. The average Bonchev–Trinajstić information content (AvgIpc) is 2.79. The summed E-state index contributed by atoms with van der Waals surface area (Å²) >= 11 is 0. The topological polar surface area (TPSA) is 126 Å². The van der Waals surface area contributed by atoms with Crippen molar-refractivity contribution in [1.29, 1.82) is 0 Å². The Morgan fingerprint density at radius 3 is 2.34 bits per heavy atom. The number of carbonyl (C=O) groups excluding carboxylic acids is 1. The van der Waals surface area contributed by atoms with Crippen molar-refractivity contribution < 1.29 is 19.6 Å². The highest BCUT2D eigenvalue weighted by Crippen LogP contribution is 2.24. The number of aliphatic hydroxyl groups is 1. The Bertz CT molecular complexity index is 1190. The normalized spacial score (nSPS) is 11.7. The molecule has 1 amide bonds. The van der Waals surface area contributed by atoms with Crippen molar-refractivity contribution in [2.24, 2.45) is 10.2 Å². The number of anilines is 1. The van der Waals surface area contributed by atoms with Gasteiger partial charge in [-0.2, -0.15) is 5.11 Å². The summed E-state index contributed by atoms with van der Waals surface area (Å²) in [5.74, 6) is -0.531. The monoisotopic (exact) mass is 432 g/mol. The summed E-state index contributed by atoms with van der Waals surface area (Å²) in [5.41, 5.74) is 1.57. The van der Waals surface area contributed by atoms with E-state index < -0.39 is 16.6 Å². The Morgan fingerprint density at radius 1 is 1.06 bits per heavy atom. The van der Waals surface area contributed by atoms with Crippen molar-refractivity contribution in [2.75, 3.05) is 12.4 Å². The fourth-order valence-electron chi connectivity index (χ4n) is 2.75. The first kappa shape index (κ1) is 22.2. The number of hydrogen-bond acceptors (Lipinski definition) is 7. The molecule has 2 N–H and O–H groups in total. The van der Waals surface area contributed by atoms with Crippen molar-refractivity contribution >= 4 is 28.7 Å².